The first-order valence-electron chi connectivity index (χ1n) is 5.22. The summed E-state index contributed by atoms with van der Waals surface area (Å²) in [4.78, 5) is 13.1. The number of amides is 1. The molecule has 0 heterocycles. The summed E-state index contributed by atoms with van der Waals surface area (Å²) in [7, 11) is 1.69. The average molecular weight is 242 g/mol. The Hall–Kier alpha value is -1.06. The van der Waals surface area contributed by atoms with E-state index in [1.54, 1.807) is 7.05 Å². The second-order valence-corrected chi connectivity index (χ2v) is 4.10. The first kappa shape index (κ1) is 13.0. The molecule has 0 spiro atoms. The van der Waals surface area contributed by atoms with Crippen LogP contribution < -0.4 is 0 Å². The molecule has 88 valence electrons. The highest BCUT2D eigenvalue weighted by molar-refractivity contribution is 6.30. The smallest absolute Gasteiger partial charge is 0.222 e. The summed E-state index contributed by atoms with van der Waals surface area (Å²) in [6.07, 6.45) is 1.16. The van der Waals surface area contributed by atoms with Crippen molar-refractivity contribution in [3.05, 3.63) is 34.9 Å². The number of hydrogen-bond acceptors (Lipinski definition) is 2. The van der Waals surface area contributed by atoms with Gasteiger partial charge in [-0.2, -0.15) is 0 Å². The van der Waals surface area contributed by atoms with Gasteiger partial charge in [0, 0.05) is 25.0 Å². The Balaban J connectivity index is 2.39. The third-order valence-corrected chi connectivity index (χ3v) is 2.65. The number of hydrogen-bond donors (Lipinski definition) is 1. The second-order valence-electron chi connectivity index (χ2n) is 3.67. The van der Waals surface area contributed by atoms with Gasteiger partial charge in [-0.15, -0.1) is 0 Å². The van der Waals surface area contributed by atoms with Crippen LogP contribution in [0, 0.1) is 0 Å². The number of carbonyl (C=O) groups excluding carboxylic acids is 1. The van der Waals surface area contributed by atoms with Crippen LogP contribution in [0.25, 0.3) is 0 Å². The maximum absolute atomic E-state index is 11.6. The zero-order valence-corrected chi connectivity index (χ0v) is 10.1. The average Bonchev–Trinajstić information content (AvgIpc) is 2.28. The van der Waals surface area contributed by atoms with E-state index in [0.717, 1.165) is 5.56 Å². The maximum atomic E-state index is 11.6. The minimum absolute atomic E-state index is 0.00316. The first-order valence-corrected chi connectivity index (χ1v) is 5.60. The molecule has 0 aliphatic carbocycles. The van der Waals surface area contributed by atoms with Crippen LogP contribution in [0.1, 0.15) is 12.0 Å². The zero-order chi connectivity index (χ0) is 12.0. The molecule has 0 unspecified atom stereocenters. The van der Waals surface area contributed by atoms with Crippen LogP contribution in [0.3, 0.4) is 0 Å². The molecule has 1 amide bonds. The quantitative estimate of drug-likeness (QED) is 0.853. The molecular formula is C12H16ClNO2. The van der Waals surface area contributed by atoms with Gasteiger partial charge in [0.25, 0.3) is 0 Å². The van der Waals surface area contributed by atoms with E-state index in [9.17, 15) is 4.79 Å². The zero-order valence-electron chi connectivity index (χ0n) is 9.32. The van der Waals surface area contributed by atoms with E-state index in [1.807, 2.05) is 24.3 Å². The summed E-state index contributed by atoms with van der Waals surface area (Å²) in [6.45, 7) is 0.392. The van der Waals surface area contributed by atoms with E-state index in [-0.39, 0.29) is 12.5 Å². The van der Waals surface area contributed by atoms with Crippen LogP contribution in [0.5, 0.6) is 0 Å². The molecule has 0 aromatic heterocycles. The molecule has 3 nitrogen and oxygen atoms in total. The lowest BCUT2D eigenvalue weighted by atomic mass is 10.1. The number of likely N-dealkylation sites (N-methyl/N-ethyl adjacent to an activating group) is 1. The van der Waals surface area contributed by atoms with E-state index >= 15 is 0 Å². The fourth-order valence-corrected chi connectivity index (χ4v) is 1.49. The van der Waals surface area contributed by atoms with Gasteiger partial charge in [0.1, 0.15) is 0 Å². The van der Waals surface area contributed by atoms with Crippen molar-refractivity contribution in [1.82, 2.24) is 4.90 Å². The number of halogens is 1. The van der Waals surface area contributed by atoms with Crippen LogP contribution in [0.4, 0.5) is 0 Å². The molecule has 1 aromatic rings. The van der Waals surface area contributed by atoms with Gasteiger partial charge in [0.2, 0.25) is 5.91 Å². The molecule has 16 heavy (non-hydrogen) atoms. The van der Waals surface area contributed by atoms with Crippen LogP contribution in [0.2, 0.25) is 5.02 Å². The number of aliphatic hydroxyl groups is 1. The summed E-state index contributed by atoms with van der Waals surface area (Å²) in [6, 6.07) is 7.47. The Bertz CT molecular complexity index is 337. The fraction of sp³-hybridized carbons (Fsp3) is 0.417. The van der Waals surface area contributed by atoms with Crippen molar-refractivity contribution in [1.29, 1.82) is 0 Å². The number of nitrogens with zero attached hydrogens (tertiary/aromatic N) is 1. The number of benzene rings is 1. The Labute approximate surface area is 101 Å². The lowest BCUT2D eigenvalue weighted by Crippen LogP contribution is -2.29. The maximum Gasteiger partial charge on any atom is 0.222 e. The highest BCUT2D eigenvalue weighted by atomic mass is 35.5. The van der Waals surface area contributed by atoms with Gasteiger partial charge in [0.15, 0.2) is 0 Å². The Morgan fingerprint density at radius 1 is 1.38 bits per heavy atom. The van der Waals surface area contributed by atoms with Crippen molar-refractivity contribution >= 4 is 17.5 Å². The fourth-order valence-electron chi connectivity index (χ4n) is 1.37. The van der Waals surface area contributed by atoms with Crippen LogP contribution in [-0.4, -0.2) is 36.1 Å². The minimum Gasteiger partial charge on any atom is -0.395 e. The van der Waals surface area contributed by atoms with Gasteiger partial charge in [-0.1, -0.05) is 23.7 Å². The number of carbonyl (C=O) groups is 1. The van der Waals surface area contributed by atoms with Crippen molar-refractivity contribution in [2.75, 3.05) is 20.2 Å². The molecule has 0 fully saturated rings. The highest BCUT2D eigenvalue weighted by Gasteiger charge is 2.07. The standard InChI is InChI=1S/C12H16ClNO2/c1-14(8-9-15)12(16)7-4-10-2-5-11(13)6-3-10/h2-3,5-6,15H,4,7-9H2,1H3. The molecule has 0 saturated carbocycles. The van der Waals surface area contributed by atoms with Crippen LogP contribution >= 0.6 is 11.6 Å². The molecule has 1 rings (SSSR count). The number of rotatable bonds is 5. The molecule has 0 aliphatic heterocycles. The van der Waals surface area contributed by atoms with Crippen molar-refractivity contribution in [3.8, 4) is 0 Å². The molecular weight excluding hydrogens is 226 g/mol. The van der Waals surface area contributed by atoms with Gasteiger partial charge in [0.05, 0.1) is 6.61 Å². The lowest BCUT2D eigenvalue weighted by Gasteiger charge is -2.15. The van der Waals surface area contributed by atoms with E-state index in [4.69, 9.17) is 16.7 Å². The predicted molar refractivity (Wildman–Crippen MR) is 64.5 cm³/mol. The van der Waals surface area contributed by atoms with Crippen molar-refractivity contribution in [2.24, 2.45) is 0 Å². The van der Waals surface area contributed by atoms with E-state index in [2.05, 4.69) is 0 Å². The van der Waals surface area contributed by atoms with Gasteiger partial charge in [-0.25, -0.2) is 0 Å². The van der Waals surface area contributed by atoms with Crippen LogP contribution in [0.15, 0.2) is 24.3 Å². The minimum atomic E-state index is 0.00316. The normalized spacial score (nSPS) is 10.2. The summed E-state index contributed by atoms with van der Waals surface area (Å²) < 4.78 is 0. The summed E-state index contributed by atoms with van der Waals surface area (Å²) in [5.41, 5.74) is 1.09. The number of aryl methyl sites for hydroxylation is 1. The summed E-state index contributed by atoms with van der Waals surface area (Å²) in [5, 5.41) is 9.39. The van der Waals surface area contributed by atoms with Gasteiger partial charge in [-0.3, -0.25) is 4.79 Å². The van der Waals surface area contributed by atoms with Gasteiger partial charge < -0.3 is 10.0 Å². The number of aliphatic hydroxyl groups excluding tert-OH is 1. The van der Waals surface area contributed by atoms with Gasteiger partial charge >= 0.3 is 0 Å². The van der Waals surface area contributed by atoms with Gasteiger partial charge in [-0.05, 0) is 24.1 Å². The first-order chi connectivity index (χ1) is 7.63. The van der Waals surface area contributed by atoms with E-state index in [0.29, 0.717) is 24.4 Å². The topological polar surface area (TPSA) is 40.5 Å². The molecule has 1 N–H and O–H groups in total. The molecule has 0 bridgehead atoms. The van der Waals surface area contributed by atoms with E-state index < -0.39 is 0 Å². The largest absolute Gasteiger partial charge is 0.395 e. The predicted octanol–water partition coefficient (Wildman–Crippen LogP) is 1.72. The van der Waals surface area contributed by atoms with Crippen molar-refractivity contribution < 1.29 is 9.90 Å². The molecule has 0 aliphatic rings. The Kier molecular flexibility index (Phi) is 5.29. The monoisotopic (exact) mass is 241 g/mol. The molecule has 0 atom stereocenters. The SMILES string of the molecule is CN(CCO)C(=O)CCc1ccc(Cl)cc1. The third-order valence-electron chi connectivity index (χ3n) is 2.40. The van der Waals surface area contributed by atoms with E-state index in [1.165, 1.54) is 4.90 Å². The molecule has 0 saturated heterocycles. The van der Waals surface area contributed by atoms with Crippen LogP contribution in [-0.2, 0) is 11.2 Å². The summed E-state index contributed by atoms with van der Waals surface area (Å²) in [5.74, 6) is 0.0454. The Morgan fingerprint density at radius 3 is 2.56 bits per heavy atom. The second kappa shape index (κ2) is 6.51. The molecule has 1 aromatic carbocycles. The van der Waals surface area contributed by atoms with Crippen molar-refractivity contribution in [2.45, 2.75) is 12.8 Å². The summed E-state index contributed by atoms with van der Waals surface area (Å²) >= 11 is 5.76. The third kappa shape index (κ3) is 4.21. The molecule has 4 heteroatoms. The highest BCUT2D eigenvalue weighted by Crippen LogP contribution is 2.11. The molecule has 0 radical (unpaired) electrons. The van der Waals surface area contributed by atoms with Crippen molar-refractivity contribution in [3.63, 3.8) is 0 Å². The Morgan fingerprint density at radius 2 is 2.00 bits per heavy atom. The lowest BCUT2D eigenvalue weighted by molar-refractivity contribution is -0.130.